The molecule has 3 rings (SSSR count). The topological polar surface area (TPSA) is 70.7 Å². The van der Waals surface area contributed by atoms with Crippen LogP contribution in [0.5, 0.6) is 5.75 Å². The van der Waals surface area contributed by atoms with E-state index < -0.39 is 6.10 Å². The standard InChI is InChI=1S/C16H21N3O3.ClH/c1-11-16(21)19(13-6-2-3-7-14(13)22-11)10-15(20)18-12-5-4-8-17-9-12;/h2-3,6-7,11-12,17H,4-5,8-10H2,1H3,(H,18,20);1H. The van der Waals surface area contributed by atoms with E-state index >= 15 is 0 Å². The number of para-hydroxylation sites is 2. The minimum Gasteiger partial charge on any atom is -0.479 e. The molecular formula is C16H22ClN3O3. The van der Waals surface area contributed by atoms with Gasteiger partial charge in [0, 0.05) is 12.6 Å². The van der Waals surface area contributed by atoms with Gasteiger partial charge in [0.2, 0.25) is 5.91 Å². The molecule has 0 radical (unpaired) electrons. The number of rotatable bonds is 3. The summed E-state index contributed by atoms with van der Waals surface area (Å²) in [5.41, 5.74) is 0.655. The second kappa shape index (κ2) is 7.66. The zero-order chi connectivity index (χ0) is 15.5. The number of fused-ring (bicyclic) bond motifs is 1. The van der Waals surface area contributed by atoms with Gasteiger partial charge in [0.15, 0.2) is 6.10 Å². The van der Waals surface area contributed by atoms with Gasteiger partial charge in [0.25, 0.3) is 5.91 Å². The molecule has 2 N–H and O–H groups in total. The Kier molecular flexibility index (Phi) is 5.85. The van der Waals surface area contributed by atoms with Gasteiger partial charge in [-0.1, -0.05) is 12.1 Å². The Morgan fingerprint density at radius 2 is 2.22 bits per heavy atom. The number of nitrogens with one attached hydrogen (secondary N) is 2. The van der Waals surface area contributed by atoms with Gasteiger partial charge >= 0.3 is 0 Å². The van der Waals surface area contributed by atoms with Crippen molar-refractivity contribution in [2.24, 2.45) is 0 Å². The first-order chi connectivity index (χ1) is 10.6. The Bertz CT molecular complexity index is 575. The van der Waals surface area contributed by atoms with Gasteiger partial charge in [-0.3, -0.25) is 14.5 Å². The van der Waals surface area contributed by atoms with E-state index in [-0.39, 0.29) is 36.8 Å². The lowest BCUT2D eigenvalue weighted by molar-refractivity contribution is -0.128. The molecule has 1 saturated heterocycles. The summed E-state index contributed by atoms with van der Waals surface area (Å²) < 4.78 is 5.57. The van der Waals surface area contributed by atoms with Gasteiger partial charge in [-0.2, -0.15) is 0 Å². The lowest BCUT2D eigenvalue weighted by Crippen LogP contribution is -2.52. The quantitative estimate of drug-likeness (QED) is 0.865. The molecule has 0 aromatic heterocycles. The molecule has 2 aliphatic rings. The van der Waals surface area contributed by atoms with Crippen molar-refractivity contribution < 1.29 is 14.3 Å². The van der Waals surface area contributed by atoms with Gasteiger partial charge in [0.05, 0.1) is 5.69 Å². The SMILES string of the molecule is CC1Oc2ccccc2N(CC(=O)NC2CCCNC2)C1=O.Cl. The van der Waals surface area contributed by atoms with Crippen LogP contribution in [0.1, 0.15) is 19.8 Å². The van der Waals surface area contributed by atoms with Crippen LogP contribution in [0, 0.1) is 0 Å². The first-order valence-electron chi connectivity index (χ1n) is 7.72. The number of halogens is 1. The monoisotopic (exact) mass is 339 g/mol. The van der Waals surface area contributed by atoms with Crippen LogP contribution in [0.2, 0.25) is 0 Å². The van der Waals surface area contributed by atoms with Crippen molar-refractivity contribution in [2.45, 2.75) is 31.9 Å². The summed E-state index contributed by atoms with van der Waals surface area (Å²) in [6, 6.07) is 7.45. The highest BCUT2D eigenvalue weighted by Crippen LogP contribution is 2.33. The summed E-state index contributed by atoms with van der Waals surface area (Å²) >= 11 is 0. The highest BCUT2D eigenvalue weighted by atomic mass is 35.5. The molecule has 2 heterocycles. The molecule has 7 heteroatoms. The van der Waals surface area contributed by atoms with Crippen molar-refractivity contribution in [3.05, 3.63) is 24.3 Å². The van der Waals surface area contributed by atoms with Crippen molar-refractivity contribution in [3.8, 4) is 5.75 Å². The molecule has 2 unspecified atom stereocenters. The van der Waals surface area contributed by atoms with E-state index in [0.717, 1.165) is 25.9 Å². The third kappa shape index (κ3) is 3.95. The van der Waals surface area contributed by atoms with Crippen molar-refractivity contribution in [1.29, 1.82) is 0 Å². The number of amides is 2. The lowest BCUT2D eigenvalue weighted by Gasteiger charge is -2.33. The molecular weight excluding hydrogens is 318 g/mol. The second-order valence-electron chi connectivity index (χ2n) is 5.76. The average Bonchev–Trinajstić information content (AvgIpc) is 2.53. The van der Waals surface area contributed by atoms with Gasteiger partial charge < -0.3 is 15.4 Å². The molecule has 1 aromatic carbocycles. The smallest absolute Gasteiger partial charge is 0.268 e. The van der Waals surface area contributed by atoms with Crippen LogP contribution in [0.25, 0.3) is 0 Å². The molecule has 0 spiro atoms. The predicted molar refractivity (Wildman–Crippen MR) is 90.2 cm³/mol. The molecule has 1 fully saturated rings. The van der Waals surface area contributed by atoms with Crippen molar-refractivity contribution in [1.82, 2.24) is 10.6 Å². The van der Waals surface area contributed by atoms with Crippen LogP contribution in [0.15, 0.2) is 24.3 Å². The highest BCUT2D eigenvalue weighted by Gasteiger charge is 2.32. The van der Waals surface area contributed by atoms with Gasteiger partial charge in [0.1, 0.15) is 12.3 Å². The molecule has 1 aromatic rings. The van der Waals surface area contributed by atoms with E-state index in [2.05, 4.69) is 10.6 Å². The van der Waals surface area contributed by atoms with Crippen LogP contribution in [0.3, 0.4) is 0 Å². The minimum absolute atomic E-state index is 0. The van der Waals surface area contributed by atoms with Crippen LogP contribution >= 0.6 is 12.4 Å². The van der Waals surface area contributed by atoms with Crippen LogP contribution in [-0.4, -0.2) is 43.6 Å². The largest absolute Gasteiger partial charge is 0.479 e. The average molecular weight is 340 g/mol. The molecule has 0 saturated carbocycles. The van der Waals surface area contributed by atoms with Crippen LogP contribution < -0.4 is 20.3 Å². The summed E-state index contributed by atoms with van der Waals surface area (Å²) in [4.78, 5) is 26.1. The van der Waals surface area contributed by atoms with Gasteiger partial charge in [-0.15, -0.1) is 12.4 Å². The number of anilines is 1. The Hall–Kier alpha value is -1.79. The molecule has 0 bridgehead atoms. The summed E-state index contributed by atoms with van der Waals surface area (Å²) in [6.45, 7) is 3.52. The van der Waals surface area contributed by atoms with E-state index in [1.54, 1.807) is 13.0 Å². The molecule has 6 nitrogen and oxygen atoms in total. The normalized spacial score (nSPS) is 23.3. The summed E-state index contributed by atoms with van der Waals surface area (Å²) in [6.07, 6.45) is 1.46. The van der Waals surface area contributed by atoms with Crippen LogP contribution in [-0.2, 0) is 9.59 Å². The number of piperidine rings is 1. The van der Waals surface area contributed by atoms with Crippen molar-refractivity contribution >= 4 is 29.9 Å². The fourth-order valence-electron chi connectivity index (χ4n) is 2.91. The third-order valence-electron chi connectivity index (χ3n) is 4.04. The number of ether oxygens (including phenoxy) is 1. The number of carbonyl (C=O) groups excluding carboxylic acids is 2. The Labute approximate surface area is 142 Å². The van der Waals surface area contributed by atoms with Crippen LogP contribution in [0.4, 0.5) is 5.69 Å². The molecule has 23 heavy (non-hydrogen) atoms. The number of hydrogen-bond acceptors (Lipinski definition) is 4. The van der Waals surface area contributed by atoms with Gasteiger partial charge in [-0.25, -0.2) is 0 Å². The van der Waals surface area contributed by atoms with E-state index in [9.17, 15) is 9.59 Å². The number of carbonyl (C=O) groups is 2. The van der Waals surface area contributed by atoms with E-state index in [4.69, 9.17) is 4.74 Å². The zero-order valence-electron chi connectivity index (χ0n) is 13.1. The summed E-state index contributed by atoms with van der Waals surface area (Å²) in [5.74, 6) is 0.323. The summed E-state index contributed by atoms with van der Waals surface area (Å²) in [7, 11) is 0. The van der Waals surface area contributed by atoms with E-state index in [1.807, 2.05) is 18.2 Å². The minimum atomic E-state index is -0.570. The molecule has 2 atom stereocenters. The Morgan fingerprint density at radius 3 is 2.96 bits per heavy atom. The van der Waals surface area contributed by atoms with Gasteiger partial charge in [-0.05, 0) is 38.4 Å². The first-order valence-corrected chi connectivity index (χ1v) is 7.72. The van der Waals surface area contributed by atoms with E-state index in [0.29, 0.717) is 11.4 Å². The zero-order valence-corrected chi connectivity index (χ0v) is 13.9. The lowest BCUT2D eigenvalue weighted by atomic mass is 10.1. The Morgan fingerprint density at radius 1 is 1.43 bits per heavy atom. The molecule has 0 aliphatic carbocycles. The Balaban J connectivity index is 0.00000192. The van der Waals surface area contributed by atoms with Crippen molar-refractivity contribution in [3.63, 3.8) is 0 Å². The second-order valence-corrected chi connectivity index (χ2v) is 5.76. The fraction of sp³-hybridized carbons (Fsp3) is 0.500. The predicted octanol–water partition coefficient (Wildman–Crippen LogP) is 1.09. The number of benzene rings is 1. The maximum absolute atomic E-state index is 12.3. The fourth-order valence-corrected chi connectivity index (χ4v) is 2.91. The van der Waals surface area contributed by atoms with E-state index in [1.165, 1.54) is 4.90 Å². The molecule has 2 aliphatic heterocycles. The third-order valence-corrected chi connectivity index (χ3v) is 4.04. The first kappa shape index (κ1) is 17.6. The maximum atomic E-state index is 12.3. The number of hydrogen-bond donors (Lipinski definition) is 2. The summed E-state index contributed by atoms with van der Waals surface area (Å²) in [5, 5.41) is 6.26. The number of nitrogens with zero attached hydrogens (tertiary/aromatic N) is 1. The maximum Gasteiger partial charge on any atom is 0.268 e. The highest BCUT2D eigenvalue weighted by molar-refractivity contribution is 6.03. The molecule has 2 amide bonds. The van der Waals surface area contributed by atoms with Crippen molar-refractivity contribution in [2.75, 3.05) is 24.5 Å². The molecule has 126 valence electrons.